The number of carbonyl (C=O) groups is 1. The van der Waals surface area contributed by atoms with Gasteiger partial charge in [0.2, 0.25) is 5.89 Å². The van der Waals surface area contributed by atoms with Crippen molar-refractivity contribution in [2.24, 2.45) is 5.10 Å². The lowest BCUT2D eigenvalue weighted by Gasteiger charge is -2.10. The normalized spacial score (nSPS) is 11.3. The highest BCUT2D eigenvalue weighted by Crippen LogP contribution is 2.23. The predicted octanol–water partition coefficient (Wildman–Crippen LogP) is 4.09. The number of amides is 1. The molecular formula is C19H16F2N4O2. The van der Waals surface area contributed by atoms with Gasteiger partial charge in [-0.3, -0.25) is 4.79 Å². The van der Waals surface area contributed by atoms with Crippen LogP contribution in [-0.2, 0) is 0 Å². The zero-order chi connectivity index (χ0) is 19.4. The summed E-state index contributed by atoms with van der Waals surface area (Å²) in [4.78, 5) is 12.3. The summed E-state index contributed by atoms with van der Waals surface area (Å²) in [5, 5.41) is 12.3. The zero-order valence-corrected chi connectivity index (χ0v) is 14.6. The molecule has 6 nitrogen and oxygen atoms in total. The van der Waals surface area contributed by atoms with Crippen LogP contribution in [0.5, 0.6) is 0 Å². The Morgan fingerprint density at radius 3 is 2.37 bits per heavy atom. The number of carbonyl (C=O) groups excluding carboxylic acids is 1. The largest absolute Gasteiger partial charge is 0.415 e. The van der Waals surface area contributed by atoms with Crippen LogP contribution in [0.4, 0.5) is 8.78 Å². The molecule has 3 aromatic rings. The molecule has 27 heavy (non-hydrogen) atoms. The standard InChI is InChI=1S/C19H16F2N4O2/c1-12-3-7-15(8-4-12)19(26)25(2)22-11-13-5-9-14(10-6-13)17-23-24-18(27-17)16(20)21/h3-11,16H,1-2H3/b22-11+. The second kappa shape index (κ2) is 7.86. The summed E-state index contributed by atoms with van der Waals surface area (Å²) in [5.41, 5.74) is 2.84. The van der Waals surface area contributed by atoms with E-state index in [2.05, 4.69) is 15.3 Å². The van der Waals surface area contributed by atoms with Gasteiger partial charge < -0.3 is 4.42 Å². The molecule has 0 saturated heterocycles. The van der Waals surface area contributed by atoms with Crippen molar-refractivity contribution in [1.29, 1.82) is 0 Å². The van der Waals surface area contributed by atoms with Crippen molar-refractivity contribution >= 4 is 12.1 Å². The fraction of sp³-hybridized carbons (Fsp3) is 0.158. The first kappa shape index (κ1) is 18.4. The summed E-state index contributed by atoms with van der Waals surface area (Å²) in [6, 6.07) is 13.9. The van der Waals surface area contributed by atoms with Crippen molar-refractivity contribution < 1.29 is 18.0 Å². The third-order valence-corrected chi connectivity index (χ3v) is 3.76. The van der Waals surface area contributed by atoms with Gasteiger partial charge in [0.05, 0.1) is 6.21 Å². The van der Waals surface area contributed by atoms with Gasteiger partial charge in [-0.15, -0.1) is 10.2 Å². The summed E-state index contributed by atoms with van der Waals surface area (Å²) in [7, 11) is 1.57. The third-order valence-electron chi connectivity index (χ3n) is 3.76. The summed E-state index contributed by atoms with van der Waals surface area (Å²) in [6.07, 6.45) is -1.28. The van der Waals surface area contributed by atoms with E-state index in [1.54, 1.807) is 43.4 Å². The topological polar surface area (TPSA) is 71.6 Å². The molecule has 0 N–H and O–H groups in total. The molecule has 1 amide bonds. The SMILES string of the molecule is Cc1ccc(C(=O)N(C)/N=C/c2ccc(-c3nnc(C(F)F)o3)cc2)cc1. The molecule has 0 fully saturated rings. The average molecular weight is 370 g/mol. The molecule has 1 aromatic heterocycles. The van der Waals surface area contributed by atoms with Crippen molar-refractivity contribution in [1.82, 2.24) is 15.2 Å². The number of benzene rings is 2. The van der Waals surface area contributed by atoms with E-state index in [0.717, 1.165) is 11.1 Å². The van der Waals surface area contributed by atoms with E-state index in [-0.39, 0.29) is 11.8 Å². The second-order valence-electron chi connectivity index (χ2n) is 5.81. The number of hydrazone groups is 1. The van der Waals surface area contributed by atoms with E-state index >= 15 is 0 Å². The highest BCUT2D eigenvalue weighted by Gasteiger charge is 2.16. The lowest BCUT2D eigenvalue weighted by atomic mass is 10.1. The van der Waals surface area contributed by atoms with E-state index in [0.29, 0.717) is 11.1 Å². The van der Waals surface area contributed by atoms with Crippen LogP contribution < -0.4 is 0 Å². The fourth-order valence-electron chi connectivity index (χ4n) is 2.24. The van der Waals surface area contributed by atoms with Crippen molar-refractivity contribution in [3.8, 4) is 11.5 Å². The number of alkyl halides is 2. The smallest absolute Gasteiger partial charge is 0.314 e. The van der Waals surface area contributed by atoms with E-state index < -0.39 is 12.3 Å². The van der Waals surface area contributed by atoms with E-state index in [1.165, 1.54) is 11.2 Å². The molecule has 0 saturated carbocycles. The molecular weight excluding hydrogens is 354 g/mol. The first-order valence-electron chi connectivity index (χ1n) is 8.05. The maximum absolute atomic E-state index is 12.5. The molecule has 8 heteroatoms. The highest BCUT2D eigenvalue weighted by atomic mass is 19.3. The molecule has 0 unspecified atom stereocenters. The Hall–Kier alpha value is -3.42. The highest BCUT2D eigenvalue weighted by molar-refractivity contribution is 5.94. The van der Waals surface area contributed by atoms with Crippen LogP contribution in [0.15, 0.2) is 58.0 Å². The molecule has 3 rings (SSSR count). The van der Waals surface area contributed by atoms with Crippen LogP contribution >= 0.6 is 0 Å². The number of aromatic nitrogens is 2. The minimum Gasteiger partial charge on any atom is -0.415 e. The number of aryl methyl sites for hydroxylation is 1. The van der Waals surface area contributed by atoms with E-state index in [4.69, 9.17) is 4.42 Å². The number of rotatable bonds is 5. The number of halogens is 2. The first-order chi connectivity index (χ1) is 12.9. The maximum atomic E-state index is 12.5. The molecule has 0 aliphatic rings. The Balaban J connectivity index is 1.68. The fourth-order valence-corrected chi connectivity index (χ4v) is 2.24. The molecule has 0 spiro atoms. The van der Waals surface area contributed by atoms with Crippen LogP contribution in [0.25, 0.3) is 11.5 Å². The summed E-state index contributed by atoms with van der Waals surface area (Å²) in [5.74, 6) is -0.930. The average Bonchev–Trinajstić information content (AvgIpc) is 3.17. The van der Waals surface area contributed by atoms with Crippen LogP contribution in [0.2, 0.25) is 0 Å². The molecule has 0 radical (unpaired) electrons. The lowest BCUT2D eigenvalue weighted by molar-refractivity contribution is 0.0800. The minimum absolute atomic E-state index is 0.0143. The Labute approximate surface area is 154 Å². The number of hydrogen-bond donors (Lipinski definition) is 0. The molecule has 0 bridgehead atoms. The Bertz CT molecular complexity index is 951. The number of hydrogen-bond acceptors (Lipinski definition) is 5. The molecule has 0 aliphatic carbocycles. The van der Waals surface area contributed by atoms with Crippen LogP contribution in [0.3, 0.4) is 0 Å². The van der Waals surface area contributed by atoms with Gasteiger partial charge in [-0.1, -0.05) is 29.8 Å². The van der Waals surface area contributed by atoms with Gasteiger partial charge in [0.15, 0.2) is 0 Å². The molecule has 138 valence electrons. The Kier molecular flexibility index (Phi) is 5.35. The molecule has 0 atom stereocenters. The molecule has 1 heterocycles. The molecule has 0 aliphatic heterocycles. The minimum atomic E-state index is -2.81. The summed E-state index contributed by atoms with van der Waals surface area (Å²) in [6.45, 7) is 1.95. The van der Waals surface area contributed by atoms with Crippen molar-refractivity contribution in [3.63, 3.8) is 0 Å². The van der Waals surface area contributed by atoms with Gasteiger partial charge in [0.1, 0.15) is 0 Å². The monoisotopic (exact) mass is 370 g/mol. The maximum Gasteiger partial charge on any atom is 0.314 e. The van der Waals surface area contributed by atoms with Gasteiger partial charge in [-0.25, -0.2) is 5.01 Å². The summed E-state index contributed by atoms with van der Waals surface area (Å²) < 4.78 is 29.9. The van der Waals surface area contributed by atoms with E-state index in [9.17, 15) is 13.6 Å². The van der Waals surface area contributed by atoms with Gasteiger partial charge in [0.25, 0.3) is 11.8 Å². The lowest BCUT2D eigenvalue weighted by Crippen LogP contribution is -2.21. The van der Waals surface area contributed by atoms with Gasteiger partial charge in [-0.05, 0) is 36.8 Å². The quantitative estimate of drug-likeness (QED) is 0.501. The van der Waals surface area contributed by atoms with Crippen molar-refractivity contribution in [2.45, 2.75) is 13.3 Å². The third kappa shape index (κ3) is 4.41. The molecule has 2 aromatic carbocycles. The predicted molar refractivity (Wildman–Crippen MR) is 95.6 cm³/mol. The number of nitrogens with zero attached hydrogens (tertiary/aromatic N) is 4. The van der Waals surface area contributed by atoms with Crippen molar-refractivity contribution in [3.05, 3.63) is 71.1 Å². The Morgan fingerprint density at radius 2 is 1.78 bits per heavy atom. The second-order valence-corrected chi connectivity index (χ2v) is 5.81. The van der Waals surface area contributed by atoms with Gasteiger partial charge >= 0.3 is 6.43 Å². The van der Waals surface area contributed by atoms with Crippen LogP contribution in [-0.4, -0.2) is 34.4 Å². The van der Waals surface area contributed by atoms with Crippen LogP contribution in [0.1, 0.15) is 33.8 Å². The first-order valence-corrected chi connectivity index (χ1v) is 8.05. The van der Waals surface area contributed by atoms with Gasteiger partial charge in [0, 0.05) is 18.2 Å². The zero-order valence-electron chi connectivity index (χ0n) is 14.6. The van der Waals surface area contributed by atoms with E-state index in [1.807, 2.05) is 19.1 Å². The van der Waals surface area contributed by atoms with Crippen LogP contribution in [0, 0.1) is 6.92 Å². The summed E-state index contributed by atoms with van der Waals surface area (Å²) >= 11 is 0. The Morgan fingerprint density at radius 1 is 1.11 bits per heavy atom. The van der Waals surface area contributed by atoms with Crippen molar-refractivity contribution in [2.75, 3.05) is 7.05 Å². The van der Waals surface area contributed by atoms with Gasteiger partial charge in [-0.2, -0.15) is 13.9 Å².